The van der Waals surface area contributed by atoms with Crippen molar-refractivity contribution in [1.82, 2.24) is 10.2 Å². The number of halogens is 3. The lowest BCUT2D eigenvalue weighted by molar-refractivity contribution is -0.137. The second-order valence-corrected chi connectivity index (χ2v) is 8.08. The van der Waals surface area contributed by atoms with Gasteiger partial charge in [0.15, 0.2) is 0 Å². The molecule has 1 aromatic rings. The van der Waals surface area contributed by atoms with Crippen molar-refractivity contribution in [2.75, 3.05) is 13.1 Å². The molecule has 1 saturated carbocycles. The lowest BCUT2D eigenvalue weighted by atomic mass is 9.78. The zero-order chi connectivity index (χ0) is 18.8. The molecule has 6 heteroatoms. The van der Waals surface area contributed by atoms with Crippen LogP contribution in [-0.4, -0.2) is 29.4 Å². The molecule has 1 amide bonds. The number of nitrogens with one attached hydrogen (secondary N) is 1. The molecule has 0 unspecified atom stereocenters. The van der Waals surface area contributed by atoms with Gasteiger partial charge in [0.25, 0.3) is 0 Å². The molecule has 2 aliphatic rings. The third-order valence-electron chi connectivity index (χ3n) is 5.74. The van der Waals surface area contributed by atoms with Gasteiger partial charge in [-0.15, -0.1) is 0 Å². The maximum absolute atomic E-state index is 12.8. The van der Waals surface area contributed by atoms with Crippen molar-refractivity contribution in [3.05, 3.63) is 35.4 Å². The van der Waals surface area contributed by atoms with E-state index >= 15 is 0 Å². The zero-order valence-corrected chi connectivity index (χ0v) is 15.2. The van der Waals surface area contributed by atoms with Gasteiger partial charge >= 0.3 is 6.18 Å². The first kappa shape index (κ1) is 19.2. The monoisotopic (exact) mass is 368 g/mol. The number of carbonyl (C=O) groups excluding carboxylic acids is 1. The summed E-state index contributed by atoms with van der Waals surface area (Å²) in [6, 6.07) is 5.56. The molecule has 3 nitrogen and oxygen atoms in total. The molecule has 1 aliphatic heterocycles. The summed E-state index contributed by atoms with van der Waals surface area (Å²) in [6.07, 6.45) is 1.42. The molecule has 1 aliphatic carbocycles. The van der Waals surface area contributed by atoms with Crippen molar-refractivity contribution in [3.63, 3.8) is 0 Å². The van der Waals surface area contributed by atoms with Crippen LogP contribution in [0.15, 0.2) is 24.3 Å². The van der Waals surface area contributed by atoms with Gasteiger partial charge in [0.1, 0.15) is 0 Å². The van der Waals surface area contributed by atoms with E-state index < -0.39 is 11.7 Å². The van der Waals surface area contributed by atoms with Gasteiger partial charge in [-0.3, -0.25) is 9.69 Å². The maximum Gasteiger partial charge on any atom is 0.416 e. The Kier molecular flexibility index (Phi) is 5.61. The normalized spacial score (nSPS) is 21.2. The van der Waals surface area contributed by atoms with E-state index in [4.69, 9.17) is 0 Å². The van der Waals surface area contributed by atoms with Crippen LogP contribution in [0.2, 0.25) is 0 Å². The minimum atomic E-state index is -4.30. The average molecular weight is 368 g/mol. The fraction of sp³-hybridized carbons (Fsp3) is 0.650. The molecule has 2 fully saturated rings. The van der Waals surface area contributed by atoms with E-state index in [1.165, 1.54) is 18.6 Å². The highest BCUT2D eigenvalue weighted by atomic mass is 19.4. The SMILES string of the molecule is CC1(NC(=O)CC2CCN(Cc3cccc(C(F)(F)F)c3)CC2)CCC1. The minimum absolute atomic E-state index is 0.00128. The Balaban J connectivity index is 1.44. The van der Waals surface area contributed by atoms with E-state index in [-0.39, 0.29) is 11.4 Å². The van der Waals surface area contributed by atoms with Crippen LogP contribution in [0.1, 0.15) is 56.6 Å². The molecule has 1 aromatic carbocycles. The van der Waals surface area contributed by atoms with E-state index in [2.05, 4.69) is 17.1 Å². The predicted octanol–water partition coefficient (Wildman–Crippen LogP) is 4.37. The topological polar surface area (TPSA) is 32.3 Å². The molecule has 3 rings (SSSR count). The first-order valence-electron chi connectivity index (χ1n) is 9.43. The molecule has 1 heterocycles. The number of nitrogens with zero attached hydrogens (tertiary/aromatic N) is 1. The van der Waals surface area contributed by atoms with Crippen molar-refractivity contribution in [1.29, 1.82) is 0 Å². The fourth-order valence-electron chi connectivity index (χ4n) is 3.93. The number of carbonyl (C=O) groups is 1. The van der Waals surface area contributed by atoms with E-state index in [1.54, 1.807) is 6.07 Å². The van der Waals surface area contributed by atoms with Crippen LogP contribution < -0.4 is 5.32 Å². The Morgan fingerprint density at radius 1 is 1.27 bits per heavy atom. The van der Waals surface area contributed by atoms with Crippen molar-refractivity contribution < 1.29 is 18.0 Å². The number of hydrogen-bond donors (Lipinski definition) is 1. The molecular weight excluding hydrogens is 341 g/mol. The second-order valence-electron chi connectivity index (χ2n) is 8.08. The molecule has 0 atom stereocenters. The van der Waals surface area contributed by atoms with Crippen molar-refractivity contribution >= 4 is 5.91 Å². The molecular formula is C20H27F3N2O. The average Bonchev–Trinajstić information content (AvgIpc) is 2.55. The van der Waals surface area contributed by atoms with Crippen LogP contribution in [0.25, 0.3) is 0 Å². The summed E-state index contributed by atoms with van der Waals surface area (Å²) in [6.45, 7) is 4.28. The summed E-state index contributed by atoms with van der Waals surface area (Å²) in [5, 5.41) is 3.15. The van der Waals surface area contributed by atoms with E-state index in [0.29, 0.717) is 24.4 Å². The fourth-order valence-corrected chi connectivity index (χ4v) is 3.93. The molecule has 144 valence electrons. The minimum Gasteiger partial charge on any atom is -0.351 e. The van der Waals surface area contributed by atoms with Crippen LogP contribution in [0.3, 0.4) is 0 Å². The molecule has 1 saturated heterocycles. The van der Waals surface area contributed by atoms with Crippen molar-refractivity contribution in [3.8, 4) is 0 Å². The van der Waals surface area contributed by atoms with Gasteiger partial charge in [-0.2, -0.15) is 13.2 Å². The Morgan fingerprint density at radius 3 is 2.54 bits per heavy atom. The summed E-state index contributed by atoms with van der Waals surface area (Å²) in [4.78, 5) is 14.4. The van der Waals surface area contributed by atoms with Gasteiger partial charge in [0.05, 0.1) is 5.56 Å². The standard InChI is InChI=1S/C20H27F3N2O/c1-19(8-3-9-19)24-18(26)13-15-6-10-25(11-7-15)14-16-4-2-5-17(12-16)20(21,22)23/h2,4-5,12,15H,3,6-11,13-14H2,1H3,(H,24,26). The Bertz CT molecular complexity index is 632. The van der Waals surface area contributed by atoms with Crippen LogP contribution in [-0.2, 0) is 17.5 Å². The first-order valence-corrected chi connectivity index (χ1v) is 9.43. The van der Waals surface area contributed by atoms with Gasteiger partial charge in [0, 0.05) is 18.5 Å². The maximum atomic E-state index is 12.8. The number of alkyl halides is 3. The lowest BCUT2D eigenvalue weighted by Crippen LogP contribution is -2.51. The highest BCUT2D eigenvalue weighted by Gasteiger charge is 2.34. The Hall–Kier alpha value is -1.56. The van der Waals surface area contributed by atoms with Crippen LogP contribution in [0.4, 0.5) is 13.2 Å². The van der Waals surface area contributed by atoms with Crippen molar-refractivity contribution in [2.24, 2.45) is 5.92 Å². The van der Waals surface area contributed by atoms with Crippen molar-refractivity contribution in [2.45, 2.75) is 63.7 Å². The third-order valence-corrected chi connectivity index (χ3v) is 5.74. The molecule has 1 N–H and O–H groups in total. The van der Waals surface area contributed by atoms with E-state index in [9.17, 15) is 18.0 Å². The number of piperidine rings is 1. The number of hydrogen-bond acceptors (Lipinski definition) is 2. The second kappa shape index (κ2) is 7.59. The molecule has 0 aromatic heterocycles. The van der Waals surface area contributed by atoms with Gasteiger partial charge in [-0.25, -0.2) is 0 Å². The highest BCUT2D eigenvalue weighted by Crippen LogP contribution is 2.32. The zero-order valence-electron chi connectivity index (χ0n) is 15.2. The largest absolute Gasteiger partial charge is 0.416 e. The van der Waals surface area contributed by atoms with Crippen LogP contribution in [0, 0.1) is 5.92 Å². The van der Waals surface area contributed by atoms with Gasteiger partial charge in [0.2, 0.25) is 5.91 Å². The quantitative estimate of drug-likeness (QED) is 0.837. The van der Waals surface area contributed by atoms with Crippen LogP contribution >= 0.6 is 0 Å². The Labute approximate surface area is 152 Å². The molecule has 0 bridgehead atoms. The van der Waals surface area contributed by atoms with E-state index in [1.807, 2.05) is 0 Å². The Morgan fingerprint density at radius 2 is 1.96 bits per heavy atom. The molecule has 0 spiro atoms. The molecule has 0 radical (unpaired) electrons. The third kappa shape index (κ3) is 5.00. The number of amides is 1. The highest BCUT2D eigenvalue weighted by molar-refractivity contribution is 5.77. The smallest absolute Gasteiger partial charge is 0.351 e. The molecule has 26 heavy (non-hydrogen) atoms. The number of rotatable bonds is 5. The summed E-state index contributed by atoms with van der Waals surface area (Å²) in [5.74, 6) is 0.514. The number of likely N-dealkylation sites (tertiary alicyclic amines) is 1. The van der Waals surface area contributed by atoms with Gasteiger partial charge in [-0.05, 0) is 69.7 Å². The number of benzene rings is 1. The summed E-state index contributed by atoms with van der Waals surface area (Å²) < 4.78 is 38.4. The summed E-state index contributed by atoms with van der Waals surface area (Å²) in [5.41, 5.74) is 0.0985. The summed E-state index contributed by atoms with van der Waals surface area (Å²) >= 11 is 0. The predicted molar refractivity (Wildman–Crippen MR) is 94.5 cm³/mol. The van der Waals surface area contributed by atoms with Gasteiger partial charge in [-0.1, -0.05) is 18.2 Å². The summed E-state index contributed by atoms with van der Waals surface area (Å²) in [7, 11) is 0. The first-order chi connectivity index (χ1) is 12.2. The van der Waals surface area contributed by atoms with Gasteiger partial charge < -0.3 is 5.32 Å². The lowest BCUT2D eigenvalue weighted by Gasteiger charge is -2.40. The van der Waals surface area contributed by atoms with E-state index in [0.717, 1.165) is 44.8 Å². The van der Waals surface area contributed by atoms with Crippen LogP contribution in [0.5, 0.6) is 0 Å².